The van der Waals surface area contributed by atoms with Crippen molar-refractivity contribution in [2.24, 2.45) is 0 Å². The minimum absolute atomic E-state index is 0.886. The zero-order chi connectivity index (χ0) is 10.1. The van der Waals surface area contributed by atoms with Gasteiger partial charge in [-0.2, -0.15) is 0 Å². The van der Waals surface area contributed by atoms with Crippen molar-refractivity contribution in [1.29, 1.82) is 0 Å². The van der Waals surface area contributed by atoms with Crippen LogP contribution >= 0.6 is 38.9 Å². The molecule has 0 unspecified atom stereocenters. The van der Waals surface area contributed by atoms with Gasteiger partial charge in [-0.1, -0.05) is 40.5 Å². The van der Waals surface area contributed by atoms with Gasteiger partial charge in [-0.3, -0.25) is 0 Å². The molecule has 2 rings (SSSR count). The Morgan fingerprint density at radius 2 is 2.14 bits per heavy atom. The summed E-state index contributed by atoms with van der Waals surface area (Å²) >= 11 is 11.4. The van der Waals surface area contributed by atoms with Gasteiger partial charge in [0.2, 0.25) is 0 Å². The maximum absolute atomic E-state index is 6.21. The van der Waals surface area contributed by atoms with E-state index in [9.17, 15) is 0 Å². The lowest BCUT2D eigenvalue weighted by molar-refractivity contribution is 1.15. The molecule has 0 amide bonds. The summed E-state index contributed by atoms with van der Waals surface area (Å²) in [6.07, 6.45) is 1.04. The van der Waals surface area contributed by atoms with E-state index in [1.807, 2.05) is 0 Å². The molecule has 1 aromatic carbocycles. The average molecular weight is 290 g/mol. The number of fused-ring (bicyclic) bond motifs is 1. The molecule has 14 heavy (non-hydrogen) atoms. The van der Waals surface area contributed by atoms with Crippen molar-refractivity contribution >= 4 is 49.0 Å². The first-order valence-corrected chi connectivity index (χ1v) is 6.83. The Labute approximate surface area is 101 Å². The molecule has 0 aliphatic rings. The van der Waals surface area contributed by atoms with E-state index >= 15 is 0 Å². The predicted molar refractivity (Wildman–Crippen MR) is 68.8 cm³/mol. The van der Waals surface area contributed by atoms with Crippen LogP contribution in [0.25, 0.3) is 10.1 Å². The van der Waals surface area contributed by atoms with Gasteiger partial charge in [-0.05, 0) is 29.5 Å². The Balaban J connectivity index is 2.67. The number of aryl methyl sites for hydroxylation is 1. The highest BCUT2D eigenvalue weighted by molar-refractivity contribution is 9.08. The largest absolute Gasteiger partial charge is 0.138 e. The molecule has 0 saturated heterocycles. The van der Waals surface area contributed by atoms with Crippen LogP contribution in [0.4, 0.5) is 0 Å². The normalized spacial score (nSPS) is 11.1. The molecule has 0 nitrogen and oxygen atoms in total. The molecular weight excluding hydrogens is 280 g/mol. The van der Waals surface area contributed by atoms with Gasteiger partial charge >= 0.3 is 0 Å². The molecule has 2 aromatic rings. The monoisotopic (exact) mass is 288 g/mol. The van der Waals surface area contributed by atoms with Crippen LogP contribution in [0, 0.1) is 0 Å². The van der Waals surface area contributed by atoms with Crippen LogP contribution < -0.4 is 0 Å². The molecular formula is C11H10BrClS. The number of hydrogen-bond acceptors (Lipinski definition) is 1. The van der Waals surface area contributed by atoms with Gasteiger partial charge in [0.25, 0.3) is 0 Å². The maximum Gasteiger partial charge on any atom is 0.0587 e. The number of hydrogen-bond donors (Lipinski definition) is 0. The van der Waals surface area contributed by atoms with Crippen molar-refractivity contribution in [3.63, 3.8) is 0 Å². The molecule has 0 saturated carbocycles. The van der Waals surface area contributed by atoms with Crippen molar-refractivity contribution in [2.75, 3.05) is 0 Å². The van der Waals surface area contributed by atoms with Gasteiger partial charge in [-0.15, -0.1) is 11.3 Å². The first kappa shape index (κ1) is 10.5. The van der Waals surface area contributed by atoms with E-state index < -0.39 is 0 Å². The first-order chi connectivity index (χ1) is 6.74. The van der Waals surface area contributed by atoms with Gasteiger partial charge in [0.05, 0.1) is 9.72 Å². The predicted octanol–water partition coefficient (Wildman–Crippen LogP) is 5.01. The molecule has 0 fully saturated rings. The second-order valence-electron chi connectivity index (χ2n) is 3.20. The fourth-order valence-corrected chi connectivity index (χ4v) is 3.26. The molecule has 0 aliphatic carbocycles. The number of alkyl halides is 1. The summed E-state index contributed by atoms with van der Waals surface area (Å²) in [5, 5.41) is 3.06. The average Bonchev–Trinajstić information content (AvgIpc) is 2.61. The topological polar surface area (TPSA) is 0 Å². The lowest BCUT2D eigenvalue weighted by atomic mass is 10.1. The summed E-state index contributed by atoms with van der Waals surface area (Å²) < 4.78 is 1.21. The third kappa shape index (κ3) is 1.83. The molecule has 3 heteroatoms. The number of benzene rings is 1. The fraction of sp³-hybridized carbons (Fsp3) is 0.273. The molecule has 1 heterocycles. The Morgan fingerprint density at radius 1 is 1.36 bits per heavy atom. The van der Waals surface area contributed by atoms with Gasteiger partial charge in [-0.25, -0.2) is 0 Å². The van der Waals surface area contributed by atoms with Crippen LogP contribution in [-0.4, -0.2) is 0 Å². The van der Waals surface area contributed by atoms with Crippen LogP contribution in [0.1, 0.15) is 17.4 Å². The van der Waals surface area contributed by atoms with Crippen LogP contribution in [0.2, 0.25) is 5.02 Å². The highest BCUT2D eigenvalue weighted by Crippen LogP contribution is 2.34. The summed E-state index contributed by atoms with van der Waals surface area (Å²) in [4.78, 5) is 1.33. The number of thiophene rings is 1. The quantitative estimate of drug-likeness (QED) is 0.682. The molecule has 1 aromatic heterocycles. The van der Waals surface area contributed by atoms with Crippen molar-refractivity contribution in [2.45, 2.75) is 18.7 Å². The summed E-state index contributed by atoms with van der Waals surface area (Å²) in [6.45, 7) is 2.15. The minimum atomic E-state index is 0.886. The Kier molecular flexibility index (Phi) is 3.15. The molecule has 0 spiro atoms. The van der Waals surface area contributed by atoms with E-state index in [0.29, 0.717) is 0 Å². The van der Waals surface area contributed by atoms with Crippen LogP contribution in [0.5, 0.6) is 0 Å². The second kappa shape index (κ2) is 4.21. The van der Waals surface area contributed by atoms with E-state index in [-0.39, 0.29) is 0 Å². The van der Waals surface area contributed by atoms with Crippen molar-refractivity contribution in [1.82, 2.24) is 0 Å². The molecule has 0 radical (unpaired) electrons. The second-order valence-corrected chi connectivity index (χ2v) is 5.30. The fourth-order valence-electron chi connectivity index (χ4n) is 1.49. The zero-order valence-electron chi connectivity index (χ0n) is 7.81. The first-order valence-electron chi connectivity index (χ1n) is 4.51. The van der Waals surface area contributed by atoms with E-state index in [1.54, 1.807) is 11.3 Å². The third-order valence-electron chi connectivity index (χ3n) is 2.22. The van der Waals surface area contributed by atoms with Crippen molar-refractivity contribution < 1.29 is 0 Å². The summed E-state index contributed by atoms with van der Waals surface area (Å²) in [7, 11) is 0. The van der Waals surface area contributed by atoms with E-state index in [2.05, 4.69) is 41.1 Å². The lowest BCUT2D eigenvalue weighted by Gasteiger charge is -1.98. The summed E-state index contributed by atoms with van der Waals surface area (Å²) in [5.74, 6) is 0. The third-order valence-corrected chi connectivity index (χ3v) is 4.79. The van der Waals surface area contributed by atoms with Crippen LogP contribution in [0.3, 0.4) is 0 Å². The smallest absolute Gasteiger partial charge is 0.0587 e. The SMILES string of the molecule is CCc1cc(Cl)c2sc(CBr)cc2c1. The van der Waals surface area contributed by atoms with Crippen LogP contribution in [0.15, 0.2) is 18.2 Å². The Morgan fingerprint density at radius 3 is 2.79 bits per heavy atom. The Bertz CT molecular complexity index is 462. The summed E-state index contributed by atoms with van der Waals surface area (Å²) in [5.41, 5.74) is 1.31. The number of rotatable bonds is 2. The van der Waals surface area contributed by atoms with Crippen LogP contribution in [-0.2, 0) is 11.8 Å². The van der Waals surface area contributed by atoms with Crippen molar-refractivity contribution in [3.05, 3.63) is 33.7 Å². The minimum Gasteiger partial charge on any atom is -0.138 e. The van der Waals surface area contributed by atoms with E-state index in [4.69, 9.17) is 11.6 Å². The zero-order valence-corrected chi connectivity index (χ0v) is 11.0. The summed E-state index contributed by atoms with van der Waals surface area (Å²) in [6, 6.07) is 6.50. The number of halogens is 2. The lowest BCUT2D eigenvalue weighted by Crippen LogP contribution is -1.78. The Hall–Kier alpha value is -0.0500. The van der Waals surface area contributed by atoms with E-state index in [1.165, 1.54) is 20.5 Å². The van der Waals surface area contributed by atoms with E-state index in [0.717, 1.165) is 16.8 Å². The van der Waals surface area contributed by atoms with Gasteiger partial charge in [0, 0.05) is 10.2 Å². The highest BCUT2D eigenvalue weighted by atomic mass is 79.9. The van der Waals surface area contributed by atoms with Gasteiger partial charge < -0.3 is 0 Å². The molecule has 0 N–H and O–H groups in total. The van der Waals surface area contributed by atoms with Gasteiger partial charge in [0.15, 0.2) is 0 Å². The standard InChI is InChI=1S/C11H10BrClS/c1-2-7-3-8-5-9(6-12)14-11(8)10(13)4-7/h3-5H,2,6H2,1H3. The molecule has 74 valence electrons. The maximum atomic E-state index is 6.21. The van der Waals surface area contributed by atoms with Crippen molar-refractivity contribution in [3.8, 4) is 0 Å². The molecule has 0 bridgehead atoms. The molecule has 0 aliphatic heterocycles. The highest BCUT2D eigenvalue weighted by Gasteiger charge is 2.05. The van der Waals surface area contributed by atoms with Gasteiger partial charge in [0.1, 0.15) is 0 Å². The molecule has 0 atom stereocenters.